The Balaban J connectivity index is 1.83. The number of nitrogens with zero attached hydrogens (tertiary/aromatic N) is 2. The van der Waals surface area contributed by atoms with Crippen molar-refractivity contribution in [1.82, 2.24) is 20.4 Å². The molecule has 2 aromatic carbocycles. The van der Waals surface area contributed by atoms with Crippen molar-refractivity contribution >= 4 is 29.5 Å². The number of likely N-dealkylation sites (N-methyl/N-ethyl adjacent to an activating group) is 2. The first-order valence-electron chi connectivity index (χ1n) is 14.0. The fourth-order valence-electron chi connectivity index (χ4n) is 3.99. The summed E-state index contributed by atoms with van der Waals surface area (Å²) >= 11 is 0. The number of hydrogen-bond acceptors (Lipinski definition) is 6. The zero-order chi connectivity index (χ0) is 30.5. The molecule has 41 heavy (non-hydrogen) atoms. The maximum Gasteiger partial charge on any atom is 0.409 e. The van der Waals surface area contributed by atoms with Gasteiger partial charge in [0.15, 0.2) is 0 Å². The molecule has 4 amide bonds. The van der Waals surface area contributed by atoms with E-state index in [1.54, 1.807) is 50.2 Å². The Morgan fingerprint density at radius 2 is 1.39 bits per heavy atom. The number of benzene rings is 2. The number of amides is 4. The lowest BCUT2D eigenvalue weighted by molar-refractivity contribution is -0.133. The van der Waals surface area contributed by atoms with Crippen LogP contribution in [0.5, 0.6) is 0 Å². The molecule has 0 unspecified atom stereocenters. The fourth-order valence-corrected chi connectivity index (χ4v) is 3.99. The molecule has 0 aliphatic rings. The van der Waals surface area contributed by atoms with Crippen LogP contribution in [0.2, 0.25) is 0 Å². The van der Waals surface area contributed by atoms with E-state index in [0.717, 1.165) is 11.1 Å². The first-order chi connectivity index (χ1) is 19.4. The average Bonchev–Trinajstić information content (AvgIpc) is 2.94. The predicted molar refractivity (Wildman–Crippen MR) is 160 cm³/mol. The Morgan fingerprint density at radius 1 is 0.780 bits per heavy atom. The highest BCUT2D eigenvalue weighted by Crippen LogP contribution is 2.12. The molecule has 0 saturated heterocycles. The highest BCUT2D eigenvalue weighted by molar-refractivity contribution is 5.97. The molecule has 10 nitrogen and oxygen atoms in total. The van der Waals surface area contributed by atoms with E-state index in [4.69, 9.17) is 4.74 Å². The lowest BCUT2D eigenvalue weighted by Crippen LogP contribution is -2.52. The molecule has 0 aliphatic heterocycles. The molecule has 2 rings (SSSR count). The smallest absolute Gasteiger partial charge is 0.409 e. The first kappa shape index (κ1) is 33.3. The number of carbonyl (C=O) groups excluding carboxylic acids is 4. The van der Waals surface area contributed by atoms with Gasteiger partial charge in [-0.2, -0.15) is 0 Å². The molecular weight excluding hydrogens is 522 g/mol. The van der Waals surface area contributed by atoms with Crippen LogP contribution in [0.25, 0.3) is 0 Å². The molecule has 0 heterocycles. The van der Waals surface area contributed by atoms with Crippen molar-refractivity contribution in [2.75, 3.05) is 32.5 Å². The maximum absolute atomic E-state index is 13.0. The van der Waals surface area contributed by atoms with Crippen LogP contribution in [-0.4, -0.2) is 78.9 Å². The van der Waals surface area contributed by atoms with Crippen LogP contribution in [0.1, 0.15) is 45.7 Å². The molecular formula is C31H45N5O5. The second kappa shape index (κ2) is 16.4. The summed E-state index contributed by atoms with van der Waals surface area (Å²) < 4.78 is 5.37. The van der Waals surface area contributed by atoms with Gasteiger partial charge in [0, 0.05) is 44.8 Å². The zero-order valence-electron chi connectivity index (χ0n) is 25.3. The van der Waals surface area contributed by atoms with Gasteiger partial charge in [-0.1, -0.05) is 70.2 Å². The second-order valence-corrected chi connectivity index (χ2v) is 10.9. The van der Waals surface area contributed by atoms with Crippen LogP contribution >= 0.6 is 0 Å². The molecule has 2 aromatic rings. The third-order valence-electron chi connectivity index (χ3n) is 6.42. The van der Waals surface area contributed by atoms with Crippen molar-refractivity contribution in [3.8, 4) is 0 Å². The summed E-state index contributed by atoms with van der Waals surface area (Å²) in [5.74, 6) is -0.670. The number of rotatable bonds is 14. The van der Waals surface area contributed by atoms with Crippen molar-refractivity contribution in [1.29, 1.82) is 0 Å². The lowest BCUT2D eigenvalue weighted by Gasteiger charge is -2.23. The third-order valence-corrected chi connectivity index (χ3v) is 6.42. The molecule has 0 aromatic heterocycles. The van der Waals surface area contributed by atoms with Crippen LogP contribution in [0, 0.1) is 5.92 Å². The van der Waals surface area contributed by atoms with Crippen molar-refractivity contribution in [2.24, 2.45) is 5.92 Å². The van der Waals surface area contributed by atoms with Crippen LogP contribution < -0.4 is 16.0 Å². The molecule has 0 spiro atoms. The van der Waals surface area contributed by atoms with Gasteiger partial charge in [0.1, 0.15) is 12.6 Å². The van der Waals surface area contributed by atoms with E-state index in [9.17, 15) is 19.2 Å². The number of anilines is 1. The maximum atomic E-state index is 13.0. The molecule has 0 fully saturated rings. The number of nitrogens with one attached hydrogen (secondary N) is 3. The van der Waals surface area contributed by atoms with Crippen LogP contribution in [0.4, 0.5) is 10.5 Å². The normalized spacial score (nSPS) is 12.4. The van der Waals surface area contributed by atoms with E-state index in [0.29, 0.717) is 25.2 Å². The van der Waals surface area contributed by atoms with E-state index >= 15 is 0 Å². The summed E-state index contributed by atoms with van der Waals surface area (Å²) in [6.07, 6.45) is 0.0189. The summed E-state index contributed by atoms with van der Waals surface area (Å²) in [5, 5.41) is 8.90. The van der Waals surface area contributed by atoms with E-state index in [1.165, 1.54) is 4.90 Å². The summed E-state index contributed by atoms with van der Waals surface area (Å²) in [6, 6.07) is 15.5. The van der Waals surface area contributed by atoms with E-state index in [2.05, 4.69) is 16.0 Å². The molecule has 0 aliphatic carbocycles. The first-order valence-corrected chi connectivity index (χ1v) is 14.0. The van der Waals surface area contributed by atoms with E-state index in [1.807, 2.05) is 58.0 Å². The molecule has 0 radical (unpaired) electrons. The third kappa shape index (κ3) is 11.6. The quantitative estimate of drug-likeness (QED) is 0.322. The summed E-state index contributed by atoms with van der Waals surface area (Å²) in [7, 11) is 3.33. The Labute approximate surface area is 243 Å². The minimum atomic E-state index is -0.749. The SMILES string of the molecule is CC(C)N[C@@H](Cc1ccccc1)C(=O)N[C@@H](C)C(=O)Nc1ccc(COC(=O)N(C)CCN(C)C(=O)C(C)C)cc1. The van der Waals surface area contributed by atoms with E-state index < -0.39 is 18.2 Å². The highest BCUT2D eigenvalue weighted by Gasteiger charge is 2.24. The van der Waals surface area contributed by atoms with Gasteiger partial charge >= 0.3 is 6.09 Å². The molecule has 0 saturated carbocycles. The molecule has 0 bridgehead atoms. The molecule has 224 valence electrons. The average molecular weight is 568 g/mol. The van der Waals surface area contributed by atoms with Gasteiger partial charge in [0.05, 0.1) is 6.04 Å². The lowest BCUT2D eigenvalue weighted by atomic mass is 10.0. The predicted octanol–water partition coefficient (Wildman–Crippen LogP) is 3.42. The Morgan fingerprint density at radius 3 is 1.98 bits per heavy atom. The van der Waals surface area contributed by atoms with Crippen molar-refractivity contribution < 1.29 is 23.9 Å². The summed E-state index contributed by atoms with van der Waals surface area (Å²) in [4.78, 5) is 53.1. The summed E-state index contributed by atoms with van der Waals surface area (Å²) in [6.45, 7) is 10.1. The van der Waals surface area contributed by atoms with Gasteiger partial charge in [-0.3, -0.25) is 14.4 Å². The van der Waals surface area contributed by atoms with Gasteiger partial charge in [-0.15, -0.1) is 0 Å². The number of hydrogen-bond donors (Lipinski definition) is 3. The second-order valence-electron chi connectivity index (χ2n) is 10.9. The van der Waals surface area contributed by atoms with Crippen molar-refractivity contribution in [3.05, 3.63) is 65.7 Å². The van der Waals surface area contributed by atoms with Crippen LogP contribution in [0.15, 0.2) is 54.6 Å². The molecule has 3 N–H and O–H groups in total. The summed E-state index contributed by atoms with van der Waals surface area (Å²) in [5.41, 5.74) is 2.34. The Bertz CT molecular complexity index is 1140. The van der Waals surface area contributed by atoms with Crippen LogP contribution in [0.3, 0.4) is 0 Å². The largest absolute Gasteiger partial charge is 0.445 e. The number of ether oxygens (including phenoxy) is 1. The van der Waals surface area contributed by atoms with Gasteiger partial charge in [-0.25, -0.2) is 4.79 Å². The Kier molecular flexibility index (Phi) is 13.3. The number of carbonyl (C=O) groups is 4. The highest BCUT2D eigenvalue weighted by atomic mass is 16.6. The monoisotopic (exact) mass is 567 g/mol. The standard InChI is InChI=1S/C31H45N5O5/c1-21(2)30(39)35(6)17-18-36(7)31(40)41-20-25-13-15-26(16-14-25)34-28(37)23(5)33-29(38)27(32-22(3)4)19-24-11-9-8-10-12-24/h8-16,21-23,27,32H,17-20H2,1-7H3,(H,33,38)(H,34,37)/t23-,27-/m0/s1. The van der Waals surface area contributed by atoms with Gasteiger partial charge in [-0.05, 0) is 36.6 Å². The van der Waals surface area contributed by atoms with E-state index in [-0.39, 0.29) is 36.3 Å². The minimum Gasteiger partial charge on any atom is -0.445 e. The minimum absolute atomic E-state index is 0.0195. The van der Waals surface area contributed by atoms with Crippen LogP contribution in [-0.2, 0) is 32.1 Å². The Hall–Kier alpha value is -3.92. The van der Waals surface area contributed by atoms with Crippen molar-refractivity contribution in [2.45, 2.75) is 65.8 Å². The molecule has 2 atom stereocenters. The van der Waals surface area contributed by atoms with Gasteiger partial charge < -0.3 is 30.5 Å². The fraction of sp³-hybridized carbons (Fsp3) is 0.484. The van der Waals surface area contributed by atoms with Gasteiger partial charge in [0.2, 0.25) is 17.7 Å². The molecule has 10 heteroatoms. The topological polar surface area (TPSA) is 120 Å². The van der Waals surface area contributed by atoms with Gasteiger partial charge in [0.25, 0.3) is 0 Å². The van der Waals surface area contributed by atoms with Crippen molar-refractivity contribution in [3.63, 3.8) is 0 Å². The zero-order valence-corrected chi connectivity index (χ0v) is 25.3.